The van der Waals surface area contributed by atoms with Crippen molar-refractivity contribution in [1.29, 1.82) is 0 Å². The topological polar surface area (TPSA) is 94.2 Å². The molecule has 2 aliphatic heterocycles. The number of nitrogens with one attached hydrogen (secondary N) is 1. The van der Waals surface area contributed by atoms with Gasteiger partial charge in [-0.05, 0) is 48.6 Å². The van der Waals surface area contributed by atoms with Gasteiger partial charge in [-0.3, -0.25) is 4.79 Å². The normalized spacial score (nSPS) is 18.7. The molecular weight excluding hydrogens is 468 g/mol. The molecule has 8 nitrogen and oxygen atoms in total. The van der Waals surface area contributed by atoms with Crippen LogP contribution in [0.4, 0.5) is 0 Å². The number of rotatable bonds is 9. The van der Waals surface area contributed by atoms with Crippen LogP contribution < -0.4 is 10.1 Å². The Kier molecular flexibility index (Phi) is 8.43. The predicted octanol–water partition coefficient (Wildman–Crippen LogP) is 2.51. The second kappa shape index (κ2) is 11.5. The molecule has 9 heteroatoms. The molecule has 35 heavy (non-hydrogen) atoms. The molecule has 2 fully saturated rings. The highest BCUT2D eigenvalue weighted by molar-refractivity contribution is 7.89. The molecule has 2 aromatic carbocycles. The lowest BCUT2D eigenvalue weighted by molar-refractivity contribution is -0.121. The van der Waals surface area contributed by atoms with Crippen molar-refractivity contribution in [2.45, 2.75) is 36.0 Å². The lowest BCUT2D eigenvalue weighted by Gasteiger charge is -2.38. The molecule has 0 aliphatic carbocycles. The second-order valence-corrected chi connectivity index (χ2v) is 11.0. The smallest absolute Gasteiger partial charge is 0.243 e. The fraction of sp³-hybridized carbons (Fsp3) is 0.500. The van der Waals surface area contributed by atoms with Crippen LogP contribution in [0.1, 0.15) is 30.4 Å². The van der Waals surface area contributed by atoms with Crippen LogP contribution in [0.2, 0.25) is 0 Å². The van der Waals surface area contributed by atoms with Crippen LogP contribution in [0.15, 0.2) is 53.4 Å². The fourth-order valence-electron chi connectivity index (χ4n) is 4.77. The maximum atomic E-state index is 13.1. The van der Waals surface area contributed by atoms with Crippen molar-refractivity contribution in [2.75, 3.05) is 53.2 Å². The van der Waals surface area contributed by atoms with Crippen LogP contribution >= 0.6 is 0 Å². The van der Waals surface area contributed by atoms with Gasteiger partial charge in [0.05, 0.1) is 25.2 Å². The van der Waals surface area contributed by atoms with Gasteiger partial charge in [0.25, 0.3) is 0 Å². The van der Waals surface area contributed by atoms with Crippen LogP contribution in [-0.4, -0.2) is 71.8 Å². The van der Waals surface area contributed by atoms with Crippen molar-refractivity contribution in [3.8, 4) is 5.75 Å². The maximum absolute atomic E-state index is 13.1. The zero-order valence-corrected chi connectivity index (χ0v) is 21.0. The van der Waals surface area contributed by atoms with E-state index in [9.17, 15) is 13.2 Å². The summed E-state index contributed by atoms with van der Waals surface area (Å²) in [6.45, 7) is 3.33. The average Bonchev–Trinajstić information content (AvgIpc) is 2.92. The molecule has 2 heterocycles. The third-order valence-corrected chi connectivity index (χ3v) is 8.84. The van der Waals surface area contributed by atoms with E-state index in [4.69, 9.17) is 14.2 Å². The lowest BCUT2D eigenvalue weighted by atomic mass is 9.74. The molecule has 2 aromatic rings. The molecule has 0 atom stereocenters. The number of amides is 1. The van der Waals surface area contributed by atoms with Crippen molar-refractivity contribution in [1.82, 2.24) is 9.62 Å². The first-order chi connectivity index (χ1) is 16.9. The number of carbonyl (C=O) groups is 1. The number of nitrogens with zero attached hydrogens (tertiary/aromatic N) is 1. The first-order valence-electron chi connectivity index (χ1n) is 12.1. The molecule has 1 N–H and O–H groups in total. The van der Waals surface area contributed by atoms with Gasteiger partial charge in [-0.25, -0.2) is 8.42 Å². The molecule has 0 saturated carbocycles. The number of methoxy groups -OCH3 is 1. The van der Waals surface area contributed by atoms with E-state index in [0.717, 1.165) is 12.8 Å². The number of benzene rings is 2. The highest BCUT2D eigenvalue weighted by Gasteiger charge is 2.34. The Morgan fingerprint density at radius 2 is 1.71 bits per heavy atom. The van der Waals surface area contributed by atoms with Crippen molar-refractivity contribution >= 4 is 15.9 Å². The Bertz CT molecular complexity index is 1090. The summed E-state index contributed by atoms with van der Waals surface area (Å²) >= 11 is 0. The van der Waals surface area contributed by atoms with E-state index in [-0.39, 0.29) is 22.6 Å². The minimum absolute atomic E-state index is 0.0738. The monoisotopic (exact) mass is 502 g/mol. The number of hydrogen-bond donors (Lipinski definition) is 1. The van der Waals surface area contributed by atoms with E-state index in [2.05, 4.69) is 17.4 Å². The SMILES string of the molecule is COc1ccc(S(=O)(=O)N2CCOCC2)cc1CCC(=O)NCC1(c2ccccc2)CCOCC1. The van der Waals surface area contributed by atoms with E-state index < -0.39 is 10.0 Å². The summed E-state index contributed by atoms with van der Waals surface area (Å²) in [5.41, 5.74) is 1.77. The van der Waals surface area contributed by atoms with Crippen LogP contribution in [-0.2, 0) is 36.1 Å². The third-order valence-electron chi connectivity index (χ3n) is 6.94. The summed E-state index contributed by atoms with van der Waals surface area (Å²) in [6.07, 6.45) is 2.32. The molecule has 1 amide bonds. The maximum Gasteiger partial charge on any atom is 0.243 e. The zero-order valence-electron chi connectivity index (χ0n) is 20.2. The average molecular weight is 503 g/mol. The standard InChI is InChI=1S/C26H34N2O6S/c1-32-24-9-8-23(35(30,31)28-13-17-34-18-14-28)19-21(24)7-10-25(29)27-20-26(11-15-33-16-12-26)22-5-3-2-4-6-22/h2-6,8-9,19H,7,10-18,20H2,1H3,(H,27,29). The van der Waals surface area contributed by atoms with Crippen molar-refractivity contribution < 1.29 is 27.4 Å². The van der Waals surface area contributed by atoms with Crippen LogP contribution in [0, 0.1) is 0 Å². The molecule has 0 aromatic heterocycles. The molecule has 0 radical (unpaired) electrons. The van der Waals surface area contributed by atoms with Crippen molar-refractivity contribution in [2.24, 2.45) is 0 Å². The van der Waals surface area contributed by atoms with Crippen LogP contribution in [0.3, 0.4) is 0 Å². The van der Waals surface area contributed by atoms with Gasteiger partial charge >= 0.3 is 0 Å². The summed E-state index contributed by atoms with van der Waals surface area (Å²) in [5.74, 6) is 0.499. The van der Waals surface area contributed by atoms with E-state index >= 15 is 0 Å². The summed E-state index contributed by atoms with van der Waals surface area (Å²) in [6, 6.07) is 15.1. The summed E-state index contributed by atoms with van der Waals surface area (Å²) in [7, 11) is -2.08. The number of hydrogen-bond acceptors (Lipinski definition) is 6. The molecular formula is C26H34N2O6S. The zero-order chi connectivity index (χ0) is 24.7. The summed E-state index contributed by atoms with van der Waals surface area (Å²) in [4.78, 5) is 13.0. The number of ether oxygens (including phenoxy) is 3. The quantitative estimate of drug-likeness (QED) is 0.566. The molecule has 0 unspecified atom stereocenters. The van der Waals surface area contributed by atoms with Crippen molar-refractivity contribution in [3.63, 3.8) is 0 Å². The van der Waals surface area contributed by atoms with Gasteiger partial charge in [-0.2, -0.15) is 4.31 Å². The highest BCUT2D eigenvalue weighted by atomic mass is 32.2. The summed E-state index contributed by atoms with van der Waals surface area (Å²) in [5, 5.41) is 3.12. The van der Waals surface area contributed by atoms with Gasteiger partial charge < -0.3 is 19.5 Å². The molecule has 0 bridgehead atoms. The second-order valence-electron chi connectivity index (χ2n) is 9.03. The minimum atomic E-state index is -3.63. The fourth-order valence-corrected chi connectivity index (χ4v) is 6.23. The van der Waals surface area contributed by atoms with E-state index in [1.807, 2.05) is 18.2 Å². The van der Waals surface area contributed by atoms with E-state index in [1.54, 1.807) is 25.3 Å². The number of sulfonamides is 1. The van der Waals surface area contributed by atoms with Crippen LogP contribution in [0.25, 0.3) is 0 Å². The van der Waals surface area contributed by atoms with Gasteiger partial charge in [-0.1, -0.05) is 30.3 Å². The lowest BCUT2D eigenvalue weighted by Crippen LogP contribution is -2.44. The van der Waals surface area contributed by atoms with Gasteiger partial charge in [0, 0.05) is 44.7 Å². The van der Waals surface area contributed by atoms with Crippen LogP contribution in [0.5, 0.6) is 5.75 Å². The minimum Gasteiger partial charge on any atom is -0.496 e. The Hall–Kier alpha value is -2.46. The summed E-state index contributed by atoms with van der Waals surface area (Å²) < 4.78 is 43.9. The van der Waals surface area contributed by atoms with Crippen molar-refractivity contribution in [3.05, 3.63) is 59.7 Å². The van der Waals surface area contributed by atoms with E-state index in [0.29, 0.717) is 63.8 Å². The molecule has 190 valence electrons. The number of morpholine rings is 1. The predicted molar refractivity (Wildman–Crippen MR) is 132 cm³/mol. The first-order valence-corrected chi connectivity index (χ1v) is 13.5. The molecule has 0 spiro atoms. The molecule has 2 aliphatic rings. The molecule has 4 rings (SSSR count). The Morgan fingerprint density at radius 3 is 2.40 bits per heavy atom. The van der Waals surface area contributed by atoms with Gasteiger partial charge in [0.15, 0.2) is 0 Å². The Labute approximate surface area is 207 Å². The third kappa shape index (κ3) is 6.03. The first kappa shape index (κ1) is 25.6. The van der Waals surface area contributed by atoms with Gasteiger partial charge in [-0.15, -0.1) is 0 Å². The Morgan fingerprint density at radius 1 is 1.03 bits per heavy atom. The number of carbonyl (C=O) groups excluding carboxylic acids is 1. The highest BCUT2D eigenvalue weighted by Crippen LogP contribution is 2.34. The number of aryl methyl sites for hydroxylation is 1. The largest absolute Gasteiger partial charge is 0.496 e. The van der Waals surface area contributed by atoms with Gasteiger partial charge in [0.2, 0.25) is 15.9 Å². The Balaban J connectivity index is 1.42. The van der Waals surface area contributed by atoms with E-state index in [1.165, 1.54) is 9.87 Å². The molecule has 2 saturated heterocycles. The van der Waals surface area contributed by atoms with Gasteiger partial charge in [0.1, 0.15) is 5.75 Å².